The lowest BCUT2D eigenvalue weighted by Gasteiger charge is -2.16. The number of carbonyl (C=O) groups is 1. The molecule has 0 aliphatic carbocycles. The molecule has 0 saturated carbocycles. The van der Waals surface area contributed by atoms with Crippen LogP contribution in [0.4, 0.5) is 0 Å². The molecule has 1 aliphatic heterocycles. The van der Waals surface area contributed by atoms with Crippen LogP contribution in [-0.4, -0.2) is 45.1 Å². The van der Waals surface area contributed by atoms with E-state index in [9.17, 15) is 4.79 Å². The predicted molar refractivity (Wildman–Crippen MR) is 121 cm³/mol. The summed E-state index contributed by atoms with van der Waals surface area (Å²) in [5.41, 5.74) is 3.42. The fourth-order valence-corrected chi connectivity index (χ4v) is 5.56. The van der Waals surface area contributed by atoms with Gasteiger partial charge in [0.15, 0.2) is 5.82 Å². The molecule has 4 aromatic rings. The zero-order chi connectivity index (χ0) is 21.0. The number of ether oxygens (including phenoxy) is 1. The van der Waals surface area contributed by atoms with Crippen molar-refractivity contribution in [3.05, 3.63) is 35.2 Å². The topological polar surface area (TPSA) is 52.3 Å². The number of carbonyl (C=O) groups excluding carboxylic acids is 1. The number of benzene rings is 1. The number of aromatic nitrogens is 3. The third-order valence-electron chi connectivity index (χ3n) is 6.16. The zero-order valence-electron chi connectivity index (χ0n) is 17.8. The maximum atomic E-state index is 13.1. The van der Waals surface area contributed by atoms with Crippen LogP contribution >= 0.6 is 11.3 Å². The molecule has 0 unspecified atom stereocenters. The molecular weight excluding hydrogens is 396 g/mol. The van der Waals surface area contributed by atoms with Crippen LogP contribution in [0.5, 0.6) is 5.75 Å². The molecule has 1 saturated heterocycles. The molecule has 5 rings (SSSR count). The van der Waals surface area contributed by atoms with E-state index < -0.39 is 0 Å². The van der Waals surface area contributed by atoms with Gasteiger partial charge in [-0.3, -0.25) is 4.79 Å². The van der Waals surface area contributed by atoms with Gasteiger partial charge in [-0.05, 0) is 48.9 Å². The van der Waals surface area contributed by atoms with Crippen LogP contribution in [0.3, 0.4) is 0 Å². The Bertz CT molecular complexity index is 1270. The first kappa shape index (κ1) is 19.2. The van der Waals surface area contributed by atoms with Gasteiger partial charge in [0.2, 0.25) is 0 Å². The van der Waals surface area contributed by atoms with Gasteiger partial charge in [-0.1, -0.05) is 6.92 Å². The lowest BCUT2D eigenvalue weighted by Crippen LogP contribution is -2.28. The van der Waals surface area contributed by atoms with Gasteiger partial charge in [0, 0.05) is 37.6 Å². The molecule has 0 spiro atoms. The number of amides is 1. The van der Waals surface area contributed by atoms with Gasteiger partial charge >= 0.3 is 0 Å². The van der Waals surface area contributed by atoms with Crippen molar-refractivity contribution in [2.45, 2.75) is 26.8 Å². The van der Waals surface area contributed by atoms with Gasteiger partial charge in [0.25, 0.3) is 5.91 Å². The number of thiophene rings is 1. The zero-order valence-corrected chi connectivity index (χ0v) is 18.6. The summed E-state index contributed by atoms with van der Waals surface area (Å²) < 4.78 is 10.1. The van der Waals surface area contributed by atoms with Crippen molar-refractivity contribution in [3.8, 4) is 17.3 Å². The average Bonchev–Trinajstić information content (AvgIpc) is 3.50. The monoisotopic (exact) mass is 422 g/mol. The van der Waals surface area contributed by atoms with E-state index in [1.54, 1.807) is 18.4 Å². The number of nitrogens with zero attached hydrogens (tertiary/aromatic N) is 4. The second kappa shape index (κ2) is 7.16. The SMILES string of the molecule is CCn1c(-c2nc3cc(C(=O)N4CC[C@@H](C)C4)cc(OC)c3n2C)cc2ccsc21. The Kier molecular flexibility index (Phi) is 4.58. The highest BCUT2D eigenvalue weighted by molar-refractivity contribution is 7.16. The largest absolute Gasteiger partial charge is 0.494 e. The Morgan fingerprint density at radius 2 is 2.17 bits per heavy atom. The molecule has 0 N–H and O–H groups in total. The summed E-state index contributed by atoms with van der Waals surface area (Å²) in [6.07, 6.45) is 1.06. The van der Waals surface area contributed by atoms with E-state index in [1.165, 1.54) is 10.2 Å². The van der Waals surface area contributed by atoms with Gasteiger partial charge in [-0.15, -0.1) is 11.3 Å². The minimum atomic E-state index is 0.0594. The molecular formula is C23H26N4O2S. The van der Waals surface area contributed by atoms with E-state index in [4.69, 9.17) is 9.72 Å². The van der Waals surface area contributed by atoms with Gasteiger partial charge in [-0.25, -0.2) is 4.98 Å². The molecule has 6 nitrogen and oxygen atoms in total. The average molecular weight is 423 g/mol. The lowest BCUT2D eigenvalue weighted by molar-refractivity contribution is 0.0788. The molecule has 1 amide bonds. The predicted octanol–water partition coefficient (Wildman–Crippen LogP) is 4.77. The minimum absolute atomic E-state index is 0.0594. The van der Waals surface area contributed by atoms with E-state index in [2.05, 4.69) is 40.5 Å². The first-order chi connectivity index (χ1) is 14.5. The molecule has 30 heavy (non-hydrogen) atoms. The number of hydrogen-bond acceptors (Lipinski definition) is 4. The molecule has 1 atom stereocenters. The van der Waals surface area contributed by atoms with Gasteiger partial charge < -0.3 is 18.8 Å². The highest BCUT2D eigenvalue weighted by Crippen LogP contribution is 2.35. The summed E-state index contributed by atoms with van der Waals surface area (Å²) in [5.74, 6) is 2.18. The minimum Gasteiger partial charge on any atom is -0.494 e. The number of imidazole rings is 1. The first-order valence-corrected chi connectivity index (χ1v) is 11.3. The van der Waals surface area contributed by atoms with E-state index >= 15 is 0 Å². The molecule has 0 radical (unpaired) electrons. The van der Waals surface area contributed by atoms with Crippen LogP contribution in [0, 0.1) is 5.92 Å². The third kappa shape index (κ3) is 2.83. The Morgan fingerprint density at radius 3 is 2.87 bits per heavy atom. The van der Waals surface area contributed by atoms with Gasteiger partial charge in [0.05, 0.1) is 18.3 Å². The summed E-state index contributed by atoms with van der Waals surface area (Å²) in [4.78, 5) is 21.2. The summed E-state index contributed by atoms with van der Waals surface area (Å²) in [6.45, 7) is 6.84. The number of hydrogen-bond donors (Lipinski definition) is 0. The van der Waals surface area contributed by atoms with Gasteiger partial charge in [0.1, 0.15) is 16.1 Å². The molecule has 7 heteroatoms. The fraction of sp³-hybridized carbons (Fsp3) is 0.391. The number of methoxy groups -OCH3 is 1. The highest BCUT2D eigenvalue weighted by atomic mass is 32.1. The van der Waals surface area contributed by atoms with Gasteiger partial charge in [-0.2, -0.15) is 0 Å². The Labute approximate surface area is 179 Å². The van der Waals surface area contributed by atoms with Crippen LogP contribution in [0.1, 0.15) is 30.6 Å². The summed E-state index contributed by atoms with van der Waals surface area (Å²) in [5, 5.41) is 3.35. The van der Waals surface area contributed by atoms with E-state index in [0.717, 1.165) is 48.6 Å². The van der Waals surface area contributed by atoms with Crippen molar-refractivity contribution in [1.29, 1.82) is 0 Å². The molecule has 3 aromatic heterocycles. The number of likely N-dealkylation sites (tertiary alicyclic amines) is 1. The van der Waals surface area contributed by atoms with E-state index in [-0.39, 0.29) is 5.91 Å². The van der Waals surface area contributed by atoms with Crippen LogP contribution in [0.2, 0.25) is 0 Å². The lowest BCUT2D eigenvalue weighted by atomic mass is 10.1. The molecule has 1 aliphatic rings. The number of aryl methyl sites for hydroxylation is 2. The highest BCUT2D eigenvalue weighted by Gasteiger charge is 2.26. The number of fused-ring (bicyclic) bond motifs is 2. The molecule has 1 aromatic carbocycles. The quantitative estimate of drug-likeness (QED) is 0.476. The van der Waals surface area contributed by atoms with E-state index in [0.29, 0.717) is 17.2 Å². The maximum absolute atomic E-state index is 13.1. The summed E-state index contributed by atoms with van der Waals surface area (Å²) >= 11 is 1.75. The normalized spacial score (nSPS) is 16.8. The Balaban J connectivity index is 1.65. The van der Waals surface area contributed by atoms with Crippen LogP contribution in [0.15, 0.2) is 29.6 Å². The number of rotatable bonds is 4. The molecule has 4 heterocycles. The fourth-order valence-electron chi connectivity index (χ4n) is 4.59. The Hall–Kier alpha value is -2.80. The van der Waals surface area contributed by atoms with Crippen molar-refractivity contribution in [2.75, 3.05) is 20.2 Å². The van der Waals surface area contributed by atoms with Crippen LogP contribution in [-0.2, 0) is 13.6 Å². The van der Waals surface area contributed by atoms with Crippen molar-refractivity contribution < 1.29 is 9.53 Å². The summed E-state index contributed by atoms with van der Waals surface area (Å²) in [7, 11) is 3.66. The summed E-state index contributed by atoms with van der Waals surface area (Å²) in [6, 6.07) is 8.11. The standard InChI is InChI=1S/C23H26N4O2S/c1-5-27-18(11-15-7-9-30-23(15)27)21-24-17-10-16(12-19(29-4)20(17)25(21)3)22(28)26-8-6-14(2)13-26/h7,9-12,14H,5-6,8,13H2,1-4H3/t14-/m1/s1. The molecule has 0 bridgehead atoms. The van der Waals surface area contributed by atoms with Crippen molar-refractivity contribution >= 4 is 38.5 Å². The molecule has 1 fully saturated rings. The van der Waals surface area contributed by atoms with Crippen molar-refractivity contribution in [1.82, 2.24) is 19.0 Å². The smallest absolute Gasteiger partial charge is 0.254 e. The Morgan fingerprint density at radius 1 is 1.33 bits per heavy atom. The first-order valence-electron chi connectivity index (χ1n) is 10.4. The van der Waals surface area contributed by atoms with Crippen molar-refractivity contribution in [2.24, 2.45) is 13.0 Å². The maximum Gasteiger partial charge on any atom is 0.254 e. The van der Waals surface area contributed by atoms with Crippen LogP contribution in [0.25, 0.3) is 32.8 Å². The molecule has 156 valence electrons. The second-order valence-electron chi connectivity index (χ2n) is 8.14. The van der Waals surface area contributed by atoms with Crippen molar-refractivity contribution in [3.63, 3.8) is 0 Å². The van der Waals surface area contributed by atoms with Crippen LogP contribution < -0.4 is 4.74 Å². The second-order valence-corrected chi connectivity index (χ2v) is 9.04. The third-order valence-corrected chi connectivity index (χ3v) is 7.11. The van der Waals surface area contributed by atoms with E-state index in [1.807, 2.05) is 24.1 Å².